The molecule has 1 aliphatic heterocycles. The van der Waals surface area contributed by atoms with E-state index >= 15 is 0 Å². The average Bonchev–Trinajstić information content (AvgIpc) is 3.22. The number of hydrogen-bond acceptors (Lipinski definition) is 4. The zero-order valence-corrected chi connectivity index (χ0v) is 20.0. The van der Waals surface area contributed by atoms with Gasteiger partial charge in [0.05, 0.1) is 15.2 Å². The van der Waals surface area contributed by atoms with Crippen LogP contribution >= 0.6 is 11.3 Å². The Bertz CT molecular complexity index is 1080. The minimum Gasteiger partial charge on any atom is -0.341 e. The molecule has 0 spiro atoms. The Balaban J connectivity index is 1.39. The summed E-state index contributed by atoms with van der Waals surface area (Å²) >= 11 is 1.72. The highest BCUT2D eigenvalue weighted by Crippen LogP contribution is 2.33. The van der Waals surface area contributed by atoms with Crippen LogP contribution in [0.2, 0.25) is 0 Å². The standard InChI is InChI=1S/C26H31N3O2S/c1-17(27-23(30)18-11-13-20(14-12-18)26(2,3)4)25(31)29-15-7-8-19(16-29)24-28-21-9-5-6-10-22(21)32-24/h5-6,9-14,17,19H,7-8,15-16H2,1-4H3,(H,27,30). The van der Waals surface area contributed by atoms with Gasteiger partial charge in [-0.15, -0.1) is 11.3 Å². The first-order valence-electron chi connectivity index (χ1n) is 11.3. The van der Waals surface area contributed by atoms with E-state index in [0.717, 1.165) is 29.9 Å². The highest BCUT2D eigenvalue weighted by atomic mass is 32.1. The Morgan fingerprint density at radius 2 is 1.84 bits per heavy atom. The molecule has 4 rings (SSSR count). The number of para-hydroxylation sites is 1. The number of carbonyl (C=O) groups excluding carboxylic acids is 2. The summed E-state index contributed by atoms with van der Waals surface area (Å²) in [4.78, 5) is 32.5. The van der Waals surface area contributed by atoms with Crippen LogP contribution in [0.1, 0.15) is 67.4 Å². The predicted molar refractivity (Wildman–Crippen MR) is 130 cm³/mol. The normalized spacial score (nSPS) is 17.9. The number of nitrogens with one attached hydrogen (secondary N) is 1. The SMILES string of the molecule is CC(NC(=O)c1ccc(C(C)(C)C)cc1)C(=O)N1CCCC(c2nc3ccccc3s2)C1. The number of piperidine rings is 1. The highest BCUT2D eigenvalue weighted by Gasteiger charge is 2.30. The maximum absolute atomic E-state index is 13.1. The largest absolute Gasteiger partial charge is 0.341 e. The van der Waals surface area contributed by atoms with E-state index in [1.165, 1.54) is 10.3 Å². The topological polar surface area (TPSA) is 62.3 Å². The van der Waals surface area contributed by atoms with Crippen LogP contribution in [0.4, 0.5) is 0 Å². The molecule has 0 bridgehead atoms. The molecule has 168 valence electrons. The van der Waals surface area contributed by atoms with Gasteiger partial charge in [-0.25, -0.2) is 4.98 Å². The van der Waals surface area contributed by atoms with Crippen LogP contribution in [0.25, 0.3) is 10.2 Å². The lowest BCUT2D eigenvalue weighted by atomic mass is 9.86. The number of nitrogens with zero attached hydrogens (tertiary/aromatic N) is 2. The van der Waals surface area contributed by atoms with Crippen molar-refractivity contribution in [3.05, 3.63) is 64.7 Å². The number of carbonyl (C=O) groups is 2. The van der Waals surface area contributed by atoms with E-state index in [1.807, 2.05) is 47.4 Å². The molecule has 1 fully saturated rings. The third-order valence-corrected chi connectivity index (χ3v) is 7.32. The van der Waals surface area contributed by atoms with Crippen LogP contribution in [0.3, 0.4) is 0 Å². The third kappa shape index (κ3) is 4.85. The maximum Gasteiger partial charge on any atom is 0.251 e. The number of fused-ring (bicyclic) bond motifs is 1. The summed E-state index contributed by atoms with van der Waals surface area (Å²) in [6.07, 6.45) is 1.98. The van der Waals surface area contributed by atoms with E-state index in [1.54, 1.807) is 18.3 Å². The van der Waals surface area contributed by atoms with Crippen molar-refractivity contribution >= 4 is 33.4 Å². The van der Waals surface area contributed by atoms with Crippen LogP contribution in [0.5, 0.6) is 0 Å². The van der Waals surface area contributed by atoms with E-state index < -0.39 is 6.04 Å². The first-order valence-corrected chi connectivity index (χ1v) is 12.1. The fourth-order valence-electron chi connectivity index (χ4n) is 4.18. The average molecular weight is 450 g/mol. The second-order valence-electron chi connectivity index (χ2n) is 9.67. The number of amides is 2. The molecule has 1 saturated heterocycles. The smallest absolute Gasteiger partial charge is 0.251 e. The van der Waals surface area contributed by atoms with Gasteiger partial charge in [-0.05, 0) is 55.0 Å². The van der Waals surface area contributed by atoms with Crippen molar-refractivity contribution in [3.63, 3.8) is 0 Å². The molecule has 2 unspecified atom stereocenters. The van der Waals surface area contributed by atoms with Gasteiger partial charge < -0.3 is 10.2 Å². The number of benzene rings is 2. The molecule has 0 saturated carbocycles. The molecule has 1 aromatic heterocycles. The summed E-state index contributed by atoms with van der Waals surface area (Å²) < 4.78 is 1.18. The summed E-state index contributed by atoms with van der Waals surface area (Å²) in [6.45, 7) is 9.57. The van der Waals surface area contributed by atoms with E-state index in [0.29, 0.717) is 12.1 Å². The molecule has 1 N–H and O–H groups in total. The molecule has 2 atom stereocenters. The van der Waals surface area contributed by atoms with E-state index in [-0.39, 0.29) is 23.1 Å². The van der Waals surface area contributed by atoms with Crippen molar-refractivity contribution in [2.24, 2.45) is 0 Å². The van der Waals surface area contributed by atoms with Gasteiger partial charge in [-0.3, -0.25) is 9.59 Å². The Kier molecular flexibility index (Phi) is 6.33. The van der Waals surface area contributed by atoms with Crippen LogP contribution in [-0.4, -0.2) is 40.8 Å². The van der Waals surface area contributed by atoms with Crippen molar-refractivity contribution in [1.82, 2.24) is 15.2 Å². The summed E-state index contributed by atoms with van der Waals surface area (Å²) in [5.74, 6) is -0.000501. The van der Waals surface area contributed by atoms with Gasteiger partial charge >= 0.3 is 0 Å². The van der Waals surface area contributed by atoms with E-state index in [2.05, 4.69) is 32.2 Å². The molecule has 0 radical (unpaired) electrons. The summed E-state index contributed by atoms with van der Waals surface area (Å²) in [6, 6.07) is 15.2. The van der Waals surface area contributed by atoms with Gasteiger partial charge in [0.2, 0.25) is 5.91 Å². The molecule has 3 aromatic rings. The highest BCUT2D eigenvalue weighted by molar-refractivity contribution is 7.18. The molecule has 1 aliphatic rings. The minimum atomic E-state index is -0.570. The molecular formula is C26H31N3O2S. The monoisotopic (exact) mass is 449 g/mol. The zero-order valence-electron chi connectivity index (χ0n) is 19.2. The van der Waals surface area contributed by atoms with Crippen LogP contribution in [-0.2, 0) is 10.2 Å². The van der Waals surface area contributed by atoms with Crippen LogP contribution in [0, 0.1) is 0 Å². The molecule has 2 aromatic carbocycles. The number of thiazole rings is 1. The second kappa shape index (κ2) is 9.02. The molecule has 2 amide bonds. The molecule has 6 heteroatoms. The number of aromatic nitrogens is 1. The molecular weight excluding hydrogens is 418 g/mol. The quantitative estimate of drug-likeness (QED) is 0.601. The number of hydrogen-bond donors (Lipinski definition) is 1. The fraction of sp³-hybridized carbons (Fsp3) is 0.423. The van der Waals surface area contributed by atoms with Crippen LogP contribution < -0.4 is 5.32 Å². The molecule has 32 heavy (non-hydrogen) atoms. The molecule has 5 nitrogen and oxygen atoms in total. The Morgan fingerprint density at radius 1 is 1.12 bits per heavy atom. The van der Waals surface area contributed by atoms with Crippen molar-refractivity contribution in [3.8, 4) is 0 Å². The fourth-order valence-corrected chi connectivity index (χ4v) is 5.27. The van der Waals surface area contributed by atoms with Crippen molar-refractivity contribution < 1.29 is 9.59 Å². The summed E-state index contributed by atoms with van der Waals surface area (Å²) in [7, 11) is 0. The van der Waals surface area contributed by atoms with Gasteiger partial charge in [0.15, 0.2) is 0 Å². The van der Waals surface area contributed by atoms with Crippen molar-refractivity contribution in [2.75, 3.05) is 13.1 Å². The zero-order chi connectivity index (χ0) is 22.9. The predicted octanol–water partition coefficient (Wildman–Crippen LogP) is 5.12. The lowest BCUT2D eigenvalue weighted by Gasteiger charge is -2.33. The first kappa shape index (κ1) is 22.5. The van der Waals surface area contributed by atoms with E-state index in [9.17, 15) is 9.59 Å². The molecule has 0 aliphatic carbocycles. The van der Waals surface area contributed by atoms with Gasteiger partial charge in [0.1, 0.15) is 6.04 Å². The Hall–Kier alpha value is -2.73. The number of likely N-dealkylation sites (tertiary alicyclic amines) is 1. The van der Waals surface area contributed by atoms with Gasteiger partial charge in [0, 0.05) is 24.6 Å². The maximum atomic E-state index is 13.1. The van der Waals surface area contributed by atoms with Crippen LogP contribution in [0.15, 0.2) is 48.5 Å². The Labute approximate surface area is 193 Å². The minimum absolute atomic E-state index is 0.0320. The van der Waals surface area contributed by atoms with Gasteiger partial charge in [0.25, 0.3) is 5.91 Å². The Morgan fingerprint density at radius 3 is 2.53 bits per heavy atom. The third-order valence-electron chi connectivity index (χ3n) is 6.12. The van der Waals surface area contributed by atoms with Gasteiger partial charge in [-0.1, -0.05) is 45.0 Å². The lowest BCUT2D eigenvalue weighted by molar-refractivity contribution is -0.134. The summed E-state index contributed by atoms with van der Waals surface area (Å²) in [5.41, 5.74) is 2.80. The molecule has 2 heterocycles. The van der Waals surface area contributed by atoms with Crippen molar-refractivity contribution in [1.29, 1.82) is 0 Å². The lowest BCUT2D eigenvalue weighted by Crippen LogP contribution is -2.49. The van der Waals surface area contributed by atoms with E-state index in [4.69, 9.17) is 4.98 Å². The summed E-state index contributed by atoms with van der Waals surface area (Å²) in [5, 5.41) is 3.98. The number of rotatable bonds is 4. The first-order chi connectivity index (χ1) is 15.2. The van der Waals surface area contributed by atoms with Crippen molar-refractivity contribution in [2.45, 2.75) is 57.9 Å². The van der Waals surface area contributed by atoms with Gasteiger partial charge in [-0.2, -0.15) is 0 Å². The second-order valence-corrected chi connectivity index (χ2v) is 10.7.